The molecule has 0 saturated heterocycles. The van der Waals surface area contributed by atoms with Gasteiger partial charge >= 0.3 is 0 Å². The highest BCUT2D eigenvalue weighted by Crippen LogP contribution is 2.37. The molecule has 0 atom stereocenters. The number of nitrogens with zero attached hydrogens (tertiary/aromatic N) is 16. The number of rotatable bonds is 12. The van der Waals surface area contributed by atoms with Crippen molar-refractivity contribution in [2.75, 3.05) is 13.2 Å². The molecule has 4 aromatic carbocycles. The average Bonchev–Trinajstić information content (AvgIpc) is 1.75. The van der Waals surface area contributed by atoms with E-state index in [-0.39, 0.29) is 11.5 Å². The Morgan fingerprint density at radius 3 is 1.14 bits per heavy atom. The fourth-order valence-corrected chi connectivity index (χ4v) is 10.9. The van der Waals surface area contributed by atoms with Crippen molar-refractivity contribution in [3.8, 4) is 44.5 Å². The fourth-order valence-electron chi connectivity index (χ4n) is 9.67. The van der Waals surface area contributed by atoms with Gasteiger partial charge in [0.05, 0.1) is 96.0 Å². The highest BCUT2D eigenvalue weighted by molar-refractivity contribution is 6.42. The predicted molar refractivity (Wildman–Crippen MR) is 358 cm³/mol. The lowest BCUT2D eigenvalue weighted by atomic mass is 10.1. The first-order valence-corrected chi connectivity index (χ1v) is 29.9. The average molecular weight is 1350 g/mol. The second-order valence-electron chi connectivity index (χ2n) is 19.9. The molecule has 0 bridgehead atoms. The lowest BCUT2D eigenvalue weighted by Gasteiger charge is -2.09. The van der Waals surface area contributed by atoms with E-state index in [1.54, 1.807) is 80.6 Å². The molecule has 0 aliphatic heterocycles. The number of hydrogen-bond acceptors (Lipinski definition) is 16. The third-order valence-electron chi connectivity index (χ3n) is 13.9. The summed E-state index contributed by atoms with van der Waals surface area (Å²) < 4.78 is 17.6. The molecule has 8 aromatic heterocycles. The molecule has 0 spiro atoms. The van der Waals surface area contributed by atoms with Gasteiger partial charge in [-0.3, -0.25) is 0 Å². The van der Waals surface area contributed by atoms with Gasteiger partial charge in [-0.1, -0.05) is 132 Å². The van der Waals surface area contributed by atoms with Crippen molar-refractivity contribution in [1.29, 1.82) is 0 Å². The number of benzene rings is 4. The van der Waals surface area contributed by atoms with Gasteiger partial charge in [0.2, 0.25) is 0 Å². The summed E-state index contributed by atoms with van der Waals surface area (Å²) in [5.41, 5.74) is 16.6. The first-order chi connectivity index (χ1) is 42.8. The van der Waals surface area contributed by atoms with Crippen LogP contribution in [0.4, 0.5) is 0 Å². The van der Waals surface area contributed by atoms with Crippen LogP contribution in [0.1, 0.15) is 76.5 Å². The highest BCUT2D eigenvalue weighted by Gasteiger charge is 2.23. The number of aliphatic hydroxyl groups is 2. The van der Waals surface area contributed by atoms with Crippen LogP contribution >= 0.6 is 81.2 Å². The van der Waals surface area contributed by atoms with Gasteiger partial charge in [0.1, 0.15) is 45.8 Å². The molecular formula is C63H55Cl7N16O4. The fraction of sp³-hybridized carbons (Fsp3) is 0.175. The standard InChI is InChI=1S/C17H16Cl2N4O.C16H15ClN4O.2C15H12Cl2N4O/c1-5-24-11(4)16-10(3)23-17(21-20-16)15(9(2)22-23)12-6-7-13(18)14(19)8-12;1-4-22-11(3)15-10(2)21-16(20-19-15)14(9-18-21)12-5-7-13(17)8-6-12;1-7-13(10-4-11(16)6-12(17)5-10)15-19-18-14(9(3)22)8(2)21(15)20-7;1-7-13(10-4-5-11(16)12(17)6-10)15-19-18-14(9(3)22)8(2)21(15)20-7/h6-8H,4-5H2,1-3H3;5-9H,3-4H2,1-2H3;2*4-6,22H,3H2,1-2H3. The number of halogens is 7. The molecule has 12 rings (SSSR count). The molecule has 8 heterocycles. The summed E-state index contributed by atoms with van der Waals surface area (Å²) in [4.78, 5) is 0. The van der Waals surface area contributed by atoms with Crippen molar-refractivity contribution in [2.45, 2.75) is 62.3 Å². The Bertz CT molecular complexity index is 4810. The molecule has 90 heavy (non-hydrogen) atoms. The van der Waals surface area contributed by atoms with E-state index in [1.165, 1.54) is 0 Å². The summed E-state index contributed by atoms with van der Waals surface area (Å²) in [6.45, 7) is 32.7. The van der Waals surface area contributed by atoms with Gasteiger partial charge in [0.15, 0.2) is 22.6 Å². The molecular weight excluding hydrogens is 1290 g/mol. The molecule has 2 N–H and O–H groups in total. The first kappa shape index (κ1) is 65.7. The van der Waals surface area contributed by atoms with E-state index in [4.69, 9.17) is 90.7 Å². The summed E-state index contributed by atoms with van der Waals surface area (Å²) in [5, 5.41) is 74.2. The van der Waals surface area contributed by atoms with Gasteiger partial charge in [-0.15, -0.1) is 40.8 Å². The van der Waals surface area contributed by atoms with Crippen LogP contribution < -0.4 is 0 Å². The lowest BCUT2D eigenvalue weighted by Crippen LogP contribution is -2.06. The van der Waals surface area contributed by atoms with Gasteiger partial charge in [-0.05, 0) is 139 Å². The van der Waals surface area contributed by atoms with Crippen molar-refractivity contribution in [1.82, 2.24) is 79.2 Å². The summed E-state index contributed by atoms with van der Waals surface area (Å²) >= 11 is 42.3. The molecule has 0 saturated carbocycles. The normalized spacial score (nSPS) is 11.0. The number of aromatic nitrogens is 16. The van der Waals surface area contributed by atoms with E-state index < -0.39 is 0 Å². The molecule has 0 amide bonds. The van der Waals surface area contributed by atoms with Crippen LogP contribution in [0.3, 0.4) is 0 Å². The molecule has 0 aliphatic carbocycles. The Morgan fingerprint density at radius 1 is 0.400 bits per heavy atom. The topological polar surface area (TPSA) is 231 Å². The number of aliphatic hydroxyl groups excluding tert-OH is 2. The number of ether oxygens (including phenoxy) is 2. The van der Waals surface area contributed by atoms with E-state index in [1.807, 2.05) is 84.9 Å². The maximum absolute atomic E-state index is 9.56. The summed E-state index contributed by atoms with van der Waals surface area (Å²) in [6, 6.07) is 23.6. The van der Waals surface area contributed by atoms with Crippen molar-refractivity contribution in [3.05, 3.63) is 209 Å². The van der Waals surface area contributed by atoms with Crippen LogP contribution in [0.25, 0.3) is 90.1 Å². The van der Waals surface area contributed by atoms with Gasteiger partial charge < -0.3 is 19.7 Å². The van der Waals surface area contributed by atoms with Crippen LogP contribution in [-0.4, -0.2) is 103 Å². The molecule has 27 heteroatoms. The Balaban J connectivity index is 0.000000142. The SMILES string of the molecule is C=C(O)c1nnc2c(-c3cc(Cl)cc(Cl)c3)c(C)nn2c1C.C=C(O)c1nnc2c(-c3ccc(Cl)c(Cl)c3)c(C)nn2c1C.C=C(OCC)c1nnc2c(-c3ccc(Cl)c(Cl)c3)c(C)nn2c1C.C=C(OCC)c1nnc2c(-c3ccc(Cl)cc3)cnn2c1C. The first-order valence-electron chi connectivity index (χ1n) is 27.3. The third kappa shape index (κ3) is 13.4. The molecule has 0 aliphatic rings. The van der Waals surface area contributed by atoms with Crippen LogP contribution in [0.15, 0.2) is 111 Å². The zero-order chi connectivity index (χ0) is 65.2. The van der Waals surface area contributed by atoms with E-state index in [2.05, 4.69) is 87.5 Å². The molecule has 12 aromatic rings. The molecule has 0 unspecified atom stereocenters. The Hall–Kier alpha value is -8.73. The van der Waals surface area contributed by atoms with Gasteiger partial charge in [-0.2, -0.15) is 20.4 Å². The molecule has 460 valence electrons. The van der Waals surface area contributed by atoms with Gasteiger partial charge in [-0.25, -0.2) is 18.1 Å². The van der Waals surface area contributed by atoms with Crippen molar-refractivity contribution >= 4 is 127 Å². The zero-order valence-electron chi connectivity index (χ0n) is 49.8. The van der Waals surface area contributed by atoms with Gasteiger partial charge in [0, 0.05) is 20.6 Å². The molecule has 0 radical (unpaired) electrons. The minimum absolute atomic E-state index is 0.142. The summed E-state index contributed by atoms with van der Waals surface area (Å²) in [6.07, 6.45) is 1.77. The molecule has 20 nitrogen and oxygen atoms in total. The Labute approximate surface area is 551 Å². The van der Waals surface area contributed by atoms with Crippen LogP contribution in [0, 0.1) is 48.5 Å². The number of aryl methyl sites for hydroxylation is 7. The van der Waals surface area contributed by atoms with Crippen molar-refractivity contribution in [2.24, 2.45) is 0 Å². The summed E-state index contributed by atoms with van der Waals surface area (Å²) in [5.74, 6) is 0.690. The Morgan fingerprint density at radius 2 is 0.756 bits per heavy atom. The van der Waals surface area contributed by atoms with Crippen molar-refractivity contribution in [3.63, 3.8) is 0 Å². The van der Waals surface area contributed by atoms with Gasteiger partial charge in [0.25, 0.3) is 0 Å². The summed E-state index contributed by atoms with van der Waals surface area (Å²) in [7, 11) is 0. The van der Waals surface area contributed by atoms with E-state index in [0.29, 0.717) is 117 Å². The van der Waals surface area contributed by atoms with Crippen LogP contribution in [-0.2, 0) is 9.47 Å². The number of fused-ring (bicyclic) bond motifs is 4. The van der Waals surface area contributed by atoms with Crippen LogP contribution in [0.5, 0.6) is 0 Å². The molecule has 0 fully saturated rings. The van der Waals surface area contributed by atoms with E-state index in [0.717, 1.165) is 73.0 Å². The smallest absolute Gasteiger partial charge is 0.185 e. The minimum atomic E-state index is -0.146. The van der Waals surface area contributed by atoms with E-state index in [9.17, 15) is 10.2 Å². The lowest BCUT2D eigenvalue weighted by molar-refractivity contribution is 0.296. The minimum Gasteiger partial charge on any atom is -0.506 e. The largest absolute Gasteiger partial charge is 0.506 e. The maximum Gasteiger partial charge on any atom is 0.185 e. The predicted octanol–water partition coefficient (Wildman–Crippen LogP) is 17.0. The second-order valence-corrected chi connectivity index (χ2v) is 22.9. The number of hydrogen-bond donors (Lipinski definition) is 2. The zero-order valence-corrected chi connectivity index (χ0v) is 55.1. The van der Waals surface area contributed by atoms with Crippen molar-refractivity contribution < 1.29 is 19.7 Å². The van der Waals surface area contributed by atoms with E-state index >= 15 is 0 Å². The maximum atomic E-state index is 9.56. The Kier molecular flexibility index (Phi) is 20.1. The van der Waals surface area contributed by atoms with Crippen LogP contribution in [0.2, 0.25) is 35.2 Å². The second kappa shape index (κ2) is 27.6. The highest BCUT2D eigenvalue weighted by atomic mass is 35.5. The third-order valence-corrected chi connectivity index (χ3v) is 16.1. The quantitative estimate of drug-likeness (QED) is 0.108. The monoisotopic (exact) mass is 1340 g/mol.